The third kappa shape index (κ3) is 3.78. The number of nitrogens with one attached hydrogen (secondary N) is 3. The van der Waals surface area contributed by atoms with E-state index >= 15 is 0 Å². The summed E-state index contributed by atoms with van der Waals surface area (Å²) in [5.74, 6) is 0.625. The average molecular weight is 362 g/mol. The Bertz CT molecular complexity index is 625. The van der Waals surface area contributed by atoms with Crippen LogP contribution in [0.1, 0.15) is 24.8 Å². The van der Waals surface area contributed by atoms with Gasteiger partial charge >= 0.3 is 12.2 Å². The van der Waals surface area contributed by atoms with Crippen LogP contribution in [0.25, 0.3) is 0 Å². The maximum atomic E-state index is 12.8. The van der Waals surface area contributed by atoms with Crippen LogP contribution in [-0.2, 0) is 6.18 Å². The second kappa shape index (κ2) is 6.44. The number of benzene rings is 1. The van der Waals surface area contributed by atoms with E-state index in [-0.39, 0.29) is 11.1 Å². The van der Waals surface area contributed by atoms with Gasteiger partial charge in [-0.15, -0.1) is 0 Å². The van der Waals surface area contributed by atoms with Crippen molar-refractivity contribution in [2.45, 2.75) is 25.4 Å². The summed E-state index contributed by atoms with van der Waals surface area (Å²) in [5.41, 5.74) is -0.820. The average Bonchev–Trinajstić information content (AvgIpc) is 3.26. The van der Waals surface area contributed by atoms with E-state index in [1.165, 1.54) is 18.9 Å². The fraction of sp³-hybridized carbons (Fsp3) is 0.562. The number of hydrogen-bond donors (Lipinski definition) is 3. The molecule has 1 aromatic carbocycles. The van der Waals surface area contributed by atoms with Crippen molar-refractivity contribution in [3.8, 4) is 0 Å². The number of anilines is 1. The number of hydrogen-bond acceptors (Lipinski definition) is 2. The highest BCUT2D eigenvalue weighted by Crippen LogP contribution is 2.48. The Morgan fingerprint density at radius 3 is 2.71 bits per heavy atom. The van der Waals surface area contributed by atoms with Crippen molar-refractivity contribution in [1.29, 1.82) is 0 Å². The van der Waals surface area contributed by atoms with Gasteiger partial charge in [0.2, 0.25) is 0 Å². The summed E-state index contributed by atoms with van der Waals surface area (Å²) in [6.45, 7) is 2.33. The summed E-state index contributed by atoms with van der Waals surface area (Å²) in [6.07, 6.45) is -1.19. The molecule has 132 valence electrons. The zero-order valence-electron chi connectivity index (χ0n) is 13.0. The first-order valence-electron chi connectivity index (χ1n) is 7.92. The lowest BCUT2D eigenvalue weighted by Gasteiger charge is -2.28. The smallest absolute Gasteiger partial charge is 0.337 e. The molecule has 1 aliphatic carbocycles. The molecule has 4 nitrogen and oxygen atoms in total. The summed E-state index contributed by atoms with van der Waals surface area (Å²) in [7, 11) is 0. The predicted octanol–water partition coefficient (Wildman–Crippen LogP) is 3.87. The number of carbonyl (C=O) groups is 1. The van der Waals surface area contributed by atoms with Gasteiger partial charge in [0.1, 0.15) is 0 Å². The molecule has 1 aromatic rings. The molecule has 1 saturated carbocycles. The lowest BCUT2D eigenvalue weighted by atomic mass is 9.82. The fourth-order valence-electron chi connectivity index (χ4n) is 3.35. The lowest BCUT2D eigenvalue weighted by Crippen LogP contribution is -2.42. The van der Waals surface area contributed by atoms with Crippen LogP contribution in [0.5, 0.6) is 0 Å². The Hall–Kier alpha value is -1.47. The Kier molecular flexibility index (Phi) is 4.66. The van der Waals surface area contributed by atoms with Gasteiger partial charge in [0.15, 0.2) is 0 Å². The molecule has 3 rings (SSSR count). The van der Waals surface area contributed by atoms with Crippen LogP contribution in [-0.4, -0.2) is 25.7 Å². The highest BCUT2D eigenvalue weighted by molar-refractivity contribution is 6.31. The van der Waals surface area contributed by atoms with Crippen LogP contribution in [0.15, 0.2) is 18.2 Å². The van der Waals surface area contributed by atoms with Crippen molar-refractivity contribution < 1.29 is 18.0 Å². The quantitative estimate of drug-likeness (QED) is 0.762. The largest absolute Gasteiger partial charge is 0.417 e. The van der Waals surface area contributed by atoms with Crippen molar-refractivity contribution in [3.05, 3.63) is 28.8 Å². The molecule has 1 saturated heterocycles. The fourth-order valence-corrected chi connectivity index (χ4v) is 3.58. The van der Waals surface area contributed by atoms with E-state index in [0.29, 0.717) is 12.5 Å². The van der Waals surface area contributed by atoms with Gasteiger partial charge in [-0.2, -0.15) is 13.2 Å². The minimum absolute atomic E-state index is 0.0641. The predicted molar refractivity (Wildman–Crippen MR) is 86.1 cm³/mol. The van der Waals surface area contributed by atoms with E-state index in [4.69, 9.17) is 11.6 Å². The zero-order chi connectivity index (χ0) is 17.4. The molecule has 0 radical (unpaired) electrons. The first-order chi connectivity index (χ1) is 11.3. The van der Waals surface area contributed by atoms with Gasteiger partial charge in [-0.3, -0.25) is 0 Å². The number of carbonyl (C=O) groups excluding carboxylic acids is 1. The van der Waals surface area contributed by atoms with Crippen molar-refractivity contribution in [2.24, 2.45) is 11.3 Å². The topological polar surface area (TPSA) is 53.2 Å². The van der Waals surface area contributed by atoms with Crippen LogP contribution in [0.3, 0.4) is 0 Å². The molecule has 0 spiro atoms. The molecule has 1 unspecified atom stereocenters. The molecule has 1 atom stereocenters. The maximum Gasteiger partial charge on any atom is 0.417 e. The molecular weight excluding hydrogens is 343 g/mol. The maximum absolute atomic E-state index is 12.8. The molecule has 1 heterocycles. The van der Waals surface area contributed by atoms with Gasteiger partial charge < -0.3 is 16.0 Å². The van der Waals surface area contributed by atoms with Gasteiger partial charge in [-0.05, 0) is 49.9 Å². The van der Waals surface area contributed by atoms with E-state index in [9.17, 15) is 18.0 Å². The van der Waals surface area contributed by atoms with Crippen LogP contribution in [0, 0.1) is 11.3 Å². The van der Waals surface area contributed by atoms with Crippen molar-refractivity contribution in [2.75, 3.05) is 25.0 Å². The van der Waals surface area contributed by atoms with Crippen molar-refractivity contribution >= 4 is 23.3 Å². The van der Waals surface area contributed by atoms with Gasteiger partial charge in [-0.1, -0.05) is 11.6 Å². The number of alkyl halides is 3. The molecule has 2 amide bonds. The summed E-state index contributed by atoms with van der Waals surface area (Å²) < 4.78 is 38.5. The molecule has 0 bridgehead atoms. The van der Waals surface area contributed by atoms with E-state index in [1.807, 2.05) is 0 Å². The number of amides is 2. The number of rotatable bonds is 4. The Balaban J connectivity index is 1.61. The van der Waals surface area contributed by atoms with Crippen LogP contribution >= 0.6 is 11.6 Å². The van der Waals surface area contributed by atoms with Gasteiger partial charge in [-0.25, -0.2) is 4.79 Å². The summed E-state index contributed by atoms with van der Waals surface area (Å²) in [5, 5.41) is 8.19. The van der Waals surface area contributed by atoms with Gasteiger partial charge in [0.25, 0.3) is 0 Å². The van der Waals surface area contributed by atoms with E-state index in [0.717, 1.165) is 31.6 Å². The minimum atomic E-state index is -4.56. The molecule has 3 N–H and O–H groups in total. The number of urea groups is 1. The minimum Gasteiger partial charge on any atom is -0.337 e. The van der Waals surface area contributed by atoms with Crippen LogP contribution in [0.4, 0.5) is 23.7 Å². The molecular formula is C16H19ClF3N3O. The molecule has 0 aromatic heterocycles. The standard InChI is InChI=1S/C16H19ClF3N3O/c17-13-4-3-11(7-12(13)16(18,19)20)23-14(24)22-9-15(10-1-2-10)5-6-21-8-15/h3-4,7,10,21H,1-2,5-6,8-9H2,(H2,22,23,24). The molecule has 2 aliphatic rings. The summed E-state index contributed by atoms with van der Waals surface area (Å²) >= 11 is 5.57. The van der Waals surface area contributed by atoms with E-state index in [1.54, 1.807) is 0 Å². The third-order valence-corrected chi connectivity index (χ3v) is 5.18. The molecule has 24 heavy (non-hydrogen) atoms. The SMILES string of the molecule is O=C(NCC1(C2CC2)CCNC1)Nc1ccc(Cl)c(C(F)(F)F)c1. The van der Waals surface area contributed by atoms with Gasteiger partial charge in [0.05, 0.1) is 10.6 Å². The second-order valence-corrected chi connectivity index (χ2v) is 6.97. The monoisotopic (exact) mass is 361 g/mol. The lowest BCUT2D eigenvalue weighted by molar-refractivity contribution is -0.137. The van der Waals surface area contributed by atoms with E-state index in [2.05, 4.69) is 16.0 Å². The zero-order valence-corrected chi connectivity index (χ0v) is 13.7. The second-order valence-electron chi connectivity index (χ2n) is 6.56. The van der Waals surface area contributed by atoms with Crippen LogP contribution < -0.4 is 16.0 Å². The molecule has 8 heteroatoms. The molecule has 2 fully saturated rings. The summed E-state index contributed by atoms with van der Waals surface area (Å²) in [6, 6.07) is 2.82. The molecule has 1 aliphatic heterocycles. The van der Waals surface area contributed by atoms with Crippen molar-refractivity contribution in [3.63, 3.8) is 0 Å². The normalized spacial score (nSPS) is 24.0. The number of halogens is 4. The Morgan fingerprint density at radius 1 is 1.38 bits per heavy atom. The third-order valence-electron chi connectivity index (χ3n) is 4.85. The first-order valence-corrected chi connectivity index (χ1v) is 8.30. The van der Waals surface area contributed by atoms with Gasteiger partial charge in [0, 0.05) is 24.2 Å². The first kappa shape index (κ1) is 17.4. The Morgan fingerprint density at radius 2 is 2.12 bits per heavy atom. The van der Waals surface area contributed by atoms with Crippen molar-refractivity contribution in [1.82, 2.24) is 10.6 Å². The van der Waals surface area contributed by atoms with E-state index < -0.39 is 22.8 Å². The highest BCUT2D eigenvalue weighted by Gasteiger charge is 2.46. The Labute approximate surface area is 143 Å². The van der Waals surface area contributed by atoms with Crippen LogP contribution in [0.2, 0.25) is 5.02 Å². The summed E-state index contributed by atoms with van der Waals surface area (Å²) in [4.78, 5) is 12.0. The highest BCUT2D eigenvalue weighted by atomic mass is 35.5.